The summed E-state index contributed by atoms with van der Waals surface area (Å²) in [6, 6.07) is 21.4. The van der Waals surface area contributed by atoms with Gasteiger partial charge in [-0.2, -0.15) is 5.06 Å². The van der Waals surface area contributed by atoms with Crippen LogP contribution in [0.1, 0.15) is 77.5 Å². The number of amides is 3. The first-order valence-corrected chi connectivity index (χ1v) is 17.5. The average molecular weight is 700 g/mol. The van der Waals surface area contributed by atoms with Gasteiger partial charge in [0.15, 0.2) is 6.04 Å². The molecule has 0 fully saturated rings. The molecule has 1 aliphatic rings. The number of hydrogen-bond acceptors (Lipinski definition) is 8. The van der Waals surface area contributed by atoms with E-state index in [1.807, 2.05) is 85.8 Å². The molecular formula is C40H49N3O8. The predicted molar refractivity (Wildman–Crippen MR) is 192 cm³/mol. The van der Waals surface area contributed by atoms with Gasteiger partial charge in [0.1, 0.15) is 25.3 Å². The Kier molecular flexibility index (Phi) is 13.4. The standard InChI is InChI=1S/C40H49N3O8/c1-8-26(6)35(42-40(48)50-23-33-31-20-14-12-18-29(31)30-19-13-15-21-32(30)33)38(46)43(51-27(7)44)36(25(4)5)37(45)41-34(24(2)3)39(47)49-22-28-16-10-9-11-17-28/h9-21,24-26,33-36H,8,22-23H2,1-7H3,(H,41,45)(H,42,48)/t26-,34-,35-,36-/m0/s1. The van der Waals surface area contributed by atoms with Crippen molar-refractivity contribution in [3.63, 3.8) is 0 Å². The number of rotatable bonds is 14. The Morgan fingerprint density at radius 3 is 1.82 bits per heavy atom. The summed E-state index contributed by atoms with van der Waals surface area (Å²) in [7, 11) is 0. The van der Waals surface area contributed by atoms with E-state index in [1.165, 1.54) is 0 Å². The van der Waals surface area contributed by atoms with Crippen molar-refractivity contribution in [1.82, 2.24) is 15.7 Å². The van der Waals surface area contributed by atoms with Crippen molar-refractivity contribution in [2.45, 2.75) is 85.5 Å². The summed E-state index contributed by atoms with van der Waals surface area (Å²) in [5, 5.41) is 6.13. The normalized spacial score (nSPS) is 14.4. The van der Waals surface area contributed by atoms with Crippen LogP contribution in [0.4, 0.5) is 4.79 Å². The zero-order valence-electron chi connectivity index (χ0n) is 30.4. The highest BCUT2D eigenvalue weighted by molar-refractivity contribution is 5.93. The molecule has 51 heavy (non-hydrogen) atoms. The van der Waals surface area contributed by atoms with E-state index in [4.69, 9.17) is 14.3 Å². The van der Waals surface area contributed by atoms with Crippen LogP contribution < -0.4 is 10.6 Å². The highest BCUT2D eigenvalue weighted by atomic mass is 16.7. The fourth-order valence-electron chi connectivity index (χ4n) is 6.20. The summed E-state index contributed by atoms with van der Waals surface area (Å²) in [5.41, 5.74) is 5.02. The van der Waals surface area contributed by atoms with Crippen LogP contribution in [0.3, 0.4) is 0 Å². The van der Waals surface area contributed by atoms with Gasteiger partial charge in [-0.3, -0.25) is 14.4 Å². The van der Waals surface area contributed by atoms with Crippen LogP contribution in [-0.2, 0) is 40.1 Å². The molecule has 11 nitrogen and oxygen atoms in total. The zero-order chi connectivity index (χ0) is 37.2. The van der Waals surface area contributed by atoms with E-state index < -0.39 is 59.8 Å². The lowest BCUT2D eigenvalue weighted by atomic mass is 9.95. The van der Waals surface area contributed by atoms with Gasteiger partial charge in [0.05, 0.1) is 0 Å². The second kappa shape index (κ2) is 17.6. The molecular weight excluding hydrogens is 650 g/mol. The maximum atomic E-state index is 14.3. The maximum Gasteiger partial charge on any atom is 0.407 e. The SMILES string of the molecule is CC[C@H](C)[C@H](NC(=O)OCC1c2ccccc2-c2ccccc21)C(=O)N(OC(C)=O)[C@H](C(=O)N[C@H](C(=O)OCc1ccccc1)C(C)C)C(C)C. The fourth-order valence-corrected chi connectivity index (χ4v) is 6.20. The molecule has 0 heterocycles. The Labute approximate surface area is 300 Å². The van der Waals surface area contributed by atoms with Gasteiger partial charge >= 0.3 is 18.0 Å². The molecule has 3 amide bonds. The number of fused-ring (bicyclic) bond motifs is 3. The minimum Gasteiger partial charge on any atom is -0.459 e. The molecule has 0 aliphatic heterocycles. The highest BCUT2D eigenvalue weighted by Gasteiger charge is 2.42. The third-order valence-electron chi connectivity index (χ3n) is 9.14. The first-order chi connectivity index (χ1) is 24.3. The van der Waals surface area contributed by atoms with Crippen LogP contribution in [0.15, 0.2) is 78.9 Å². The lowest BCUT2D eigenvalue weighted by molar-refractivity contribution is -0.211. The number of ether oxygens (including phenoxy) is 2. The lowest BCUT2D eigenvalue weighted by Crippen LogP contribution is -2.61. The monoisotopic (exact) mass is 699 g/mol. The van der Waals surface area contributed by atoms with E-state index in [9.17, 15) is 24.0 Å². The Balaban J connectivity index is 1.51. The third-order valence-corrected chi connectivity index (χ3v) is 9.14. The van der Waals surface area contributed by atoms with Crippen LogP contribution >= 0.6 is 0 Å². The van der Waals surface area contributed by atoms with E-state index >= 15 is 0 Å². The van der Waals surface area contributed by atoms with Gasteiger partial charge in [-0.1, -0.05) is 127 Å². The number of hydroxylamine groups is 2. The van der Waals surface area contributed by atoms with Gasteiger partial charge in [0.2, 0.25) is 5.91 Å². The first kappa shape index (κ1) is 38.6. The molecule has 0 spiro atoms. The molecule has 11 heteroatoms. The summed E-state index contributed by atoms with van der Waals surface area (Å²) in [6.45, 7) is 11.7. The maximum absolute atomic E-state index is 14.3. The van der Waals surface area contributed by atoms with E-state index in [0.29, 0.717) is 6.42 Å². The van der Waals surface area contributed by atoms with Crippen molar-refractivity contribution >= 4 is 29.8 Å². The third kappa shape index (κ3) is 9.53. The lowest BCUT2D eigenvalue weighted by Gasteiger charge is -2.35. The summed E-state index contributed by atoms with van der Waals surface area (Å²) in [4.78, 5) is 72.5. The van der Waals surface area contributed by atoms with E-state index in [1.54, 1.807) is 34.6 Å². The molecule has 0 unspecified atom stereocenters. The fraction of sp³-hybridized carbons (Fsp3) is 0.425. The second-order valence-electron chi connectivity index (χ2n) is 13.6. The van der Waals surface area contributed by atoms with Crippen molar-refractivity contribution in [1.29, 1.82) is 0 Å². The topological polar surface area (TPSA) is 140 Å². The Hall–Kier alpha value is -5.19. The number of nitrogens with zero attached hydrogens (tertiary/aromatic N) is 1. The van der Waals surface area contributed by atoms with Gasteiger partial charge in [-0.15, -0.1) is 0 Å². The van der Waals surface area contributed by atoms with Crippen LogP contribution in [0.25, 0.3) is 11.1 Å². The number of carbonyl (C=O) groups is 5. The molecule has 3 aromatic rings. The van der Waals surface area contributed by atoms with Crippen molar-refractivity contribution in [2.24, 2.45) is 17.8 Å². The molecule has 0 aromatic heterocycles. The molecule has 0 saturated heterocycles. The van der Waals surface area contributed by atoms with Crippen LogP contribution in [0.2, 0.25) is 0 Å². The smallest absolute Gasteiger partial charge is 0.407 e. The van der Waals surface area contributed by atoms with Crippen LogP contribution in [-0.4, -0.2) is 59.6 Å². The van der Waals surface area contributed by atoms with Crippen LogP contribution in [0.5, 0.6) is 0 Å². The van der Waals surface area contributed by atoms with E-state index in [0.717, 1.165) is 39.8 Å². The molecule has 1 aliphatic carbocycles. The number of nitrogens with one attached hydrogen (secondary N) is 2. The molecule has 4 rings (SSSR count). The van der Waals surface area contributed by atoms with Crippen molar-refractivity contribution < 1.29 is 38.3 Å². The van der Waals surface area contributed by atoms with E-state index in [2.05, 4.69) is 10.6 Å². The highest BCUT2D eigenvalue weighted by Crippen LogP contribution is 2.44. The summed E-state index contributed by atoms with van der Waals surface area (Å²) in [5.74, 6) is -4.60. The second-order valence-corrected chi connectivity index (χ2v) is 13.6. The Morgan fingerprint density at radius 2 is 1.29 bits per heavy atom. The van der Waals surface area contributed by atoms with E-state index in [-0.39, 0.29) is 25.0 Å². The predicted octanol–water partition coefficient (Wildman–Crippen LogP) is 6.16. The van der Waals surface area contributed by atoms with Gasteiger partial charge < -0.3 is 24.9 Å². The Bertz CT molecular complexity index is 1650. The molecule has 2 N–H and O–H groups in total. The Morgan fingerprint density at radius 1 is 0.725 bits per heavy atom. The molecule has 0 bridgehead atoms. The van der Waals surface area contributed by atoms with Gasteiger partial charge in [-0.05, 0) is 45.6 Å². The molecule has 272 valence electrons. The number of esters is 1. The molecule has 4 atom stereocenters. The largest absolute Gasteiger partial charge is 0.459 e. The average Bonchev–Trinajstić information content (AvgIpc) is 3.43. The minimum absolute atomic E-state index is 0.0164. The van der Waals surface area contributed by atoms with Crippen LogP contribution in [0, 0.1) is 17.8 Å². The van der Waals surface area contributed by atoms with Gasteiger partial charge in [0, 0.05) is 12.8 Å². The molecule has 0 saturated carbocycles. The van der Waals surface area contributed by atoms with Crippen molar-refractivity contribution in [2.75, 3.05) is 6.61 Å². The number of benzene rings is 3. The zero-order valence-corrected chi connectivity index (χ0v) is 30.4. The molecule has 0 radical (unpaired) electrons. The van der Waals surface area contributed by atoms with Gasteiger partial charge in [0.25, 0.3) is 5.91 Å². The van der Waals surface area contributed by atoms with Crippen molar-refractivity contribution in [3.8, 4) is 11.1 Å². The number of hydrogen-bond donors (Lipinski definition) is 2. The van der Waals surface area contributed by atoms with Gasteiger partial charge in [-0.25, -0.2) is 9.59 Å². The first-order valence-electron chi connectivity index (χ1n) is 17.5. The number of carbonyl (C=O) groups excluding carboxylic acids is 5. The molecule has 3 aromatic carbocycles. The summed E-state index contributed by atoms with van der Waals surface area (Å²) < 4.78 is 11.2. The minimum atomic E-state index is -1.35. The van der Waals surface area contributed by atoms with Crippen molar-refractivity contribution in [3.05, 3.63) is 95.6 Å². The quantitative estimate of drug-likeness (QED) is 0.151. The number of alkyl carbamates (subject to hydrolysis) is 1. The summed E-state index contributed by atoms with van der Waals surface area (Å²) in [6.07, 6.45) is -0.361. The summed E-state index contributed by atoms with van der Waals surface area (Å²) >= 11 is 0.